The van der Waals surface area contributed by atoms with Crippen LogP contribution in [0, 0.1) is 5.82 Å². The third-order valence-corrected chi connectivity index (χ3v) is 5.52. The zero-order valence-corrected chi connectivity index (χ0v) is 19.6. The molecule has 3 rings (SSSR count). The molecule has 2 atom stereocenters. The molecular weight excluding hydrogens is 457 g/mol. The molecule has 0 saturated carbocycles. The number of amides is 1. The smallest absolute Gasteiger partial charge is 0.258 e. The predicted octanol–water partition coefficient (Wildman–Crippen LogP) is 2.82. The number of ether oxygens (including phenoxy) is 3. The number of Topliss-reactive ketones (excluding diaryl/α,β-unsaturated/α-hetero) is 2. The molecule has 1 aliphatic heterocycles. The van der Waals surface area contributed by atoms with Crippen molar-refractivity contribution >= 4 is 17.5 Å². The minimum Gasteiger partial charge on any atom is -0.492 e. The Bertz CT molecular complexity index is 1020. The molecule has 2 aromatic carbocycles. The highest BCUT2D eigenvalue weighted by Crippen LogP contribution is 2.35. The summed E-state index contributed by atoms with van der Waals surface area (Å²) in [5.74, 6) is -0.537. The summed E-state index contributed by atoms with van der Waals surface area (Å²) >= 11 is 0. The largest absolute Gasteiger partial charge is 0.492 e. The van der Waals surface area contributed by atoms with Crippen molar-refractivity contribution in [3.63, 3.8) is 0 Å². The van der Waals surface area contributed by atoms with Gasteiger partial charge in [0.05, 0.1) is 30.8 Å². The van der Waals surface area contributed by atoms with Crippen LogP contribution >= 0.6 is 0 Å². The number of ketones is 2. The highest BCUT2D eigenvalue weighted by atomic mass is 19.1. The van der Waals surface area contributed by atoms with E-state index in [1.165, 1.54) is 12.1 Å². The van der Waals surface area contributed by atoms with Gasteiger partial charge in [-0.25, -0.2) is 4.39 Å². The standard InChI is InChI=1S/C26H30FNO7/c1-17(29)2-7-20(30)10-12-33-13-11-28-25(31)16-34-21-8-9-22-24(14-21)35-15-23(26(22)32)18-3-5-19(27)6-4-18/h3-6,8-9,14,17,23,29H,2,7,10-13,15-16H2,1H3,(H,28,31). The lowest BCUT2D eigenvalue weighted by molar-refractivity contribution is -0.124. The van der Waals surface area contributed by atoms with Crippen molar-refractivity contribution in [3.8, 4) is 11.5 Å². The second kappa shape index (κ2) is 13.0. The van der Waals surface area contributed by atoms with Crippen molar-refractivity contribution < 1.29 is 38.1 Å². The number of hydrogen-bond donors (Lipinski definition) is 2. The van der Waals surface area contributed by atoms with E-state index in [4.69, 9.17) is 19.3 Å². The maximum atomic E-state index is 13.2. The topological polar surface area (TPSA) is 111 Å². The highest BCUT2D eigenvalue weighted by molar-refractivity contribution is 6.04. The Morgan fingerprint density at radius 1 is 1.17 bits per heavy atom. The second-order valence-electron chi connectivity index (χ2n) is 8.36. The first-order valence-corrected chi connectivity index (χ1v) is 11.6. The first kappa shape index (κ1) is 26.3. The van der Waals surface area contributed by atoms with Crippen LogP contribution in [0.5, 0.6) is 11.5 Å². The van der Waals surface area contributed by atoms with Gasteiger partial charge in [0.2, 0.25) is 0 Å². The first-order chi connectivity index (χ1) is 16.8. The summed E-state index contributed by atoms with van der Waals surface area (Å²) < 4.78 is 29.7. The van der Waals surface area contributed by atoms with Crippen LogP contribution in [0.2, 0.25) is 0 Å². The summed E-state index contributed by atoms with van der Waals surface area (Å²) in [4.78, 5) is 36.4. The molecule has 0 spiro atoms. The molecule has 1 amide bonds. The molecule has 0 radical (unpaired) electrons. The Labute approximate surface area is 203 Å². The highest BCUT2D eigenvalue weighted by Gasteiger charge is 2.30. The number of fused-ring (bicyclic) bond motifs is 1. The second-order valence-corrected chi connectivity index (χ2v) is 8.36. The zero-order valence-electron chi connectivity index (χ0n) is 19.6. The molecule has 0 saturated heterocycles. The monoisotopic (exact) mass is 487 g/mol. The van der Waals surface area contributed by atoms with Gasteiger partial charge >= 0.3 is 0 Å². The maximum absolute atomic E-state index is 13.2. The van der Waals surface area contributed by atoms with Crippen LogP contribution in [-0.2, 0) is 14.3 Å². The summed E-state index contributed by atoms with van der Waals surface area (Å²) in [6.45, 7) is 2.36. The van der Waals surface area contributed by atoms with Crippen LogP contribution in [0.15, 0.2) is 42.5 Å². The van der Waals surface area contributed by atoms with E-state index in [2.05, 4.69) is 5.32 Å². The summed E-state index contributed by atoms with van der Waals surface area (Å²) in [5, 5.41) is 11.8. The maximum Gasteiger partial charge on any atom is 0.258 e. The van der Waals surface area contributed by atoms with Gasteiger partial charge in [0.15, 0.2) is 12.4 Å². The minimum absolute atomic E-state index is 0.0324. The molecular formula is C26H30FNO7. The number of carbonyl (C=O) groups is 3. The molecule has 8 nitrogen and oxygen atoms in total. The van der Waals surface area contributed by atoms with Crippen LogP contribution in [0.3, 0.4) is 0 Å². The van der Waals surface area contributed by atoms with Crippen LogP contribution < -0.4 is 14.8 Å². The average molecular weight is 488 g/mol. The molecule has 0 aromatic heterocycles. The van der Waals surface area contributed by atoms with E-state index in [9.17, 15) is 18.8 Å². The van der Waals surface area contributed by atoms with Crippen LogP contribution in [-0.4, -0.2) is 61.7 Å². The normalized spacial score (nSPS) is 15.6. The van der Waals surface area contributed by atoms with Gasteiger partial charge in [-0.15, -0.1) is 0 Å². The minimum atomic E-state index is -0.509. The van der Waals surface area contributed by atoms with E-state index >= 15 is 0 Å². The van der Waals surface area contributed by atoms with Gasteiger partial charge in [-0.1, -0.05) is 12.1 Å². The lowest BCUT2D eigenvalue weighted by atomic mass is 9.89. The van der Waals surface area contributed by atoms with Crippen molar-refractivity contribution in [1.29, 1.82) is 0 Å². The molecule has 0 aliphatic carbocycles. The third-order valence-electron chi connectivity index (χ3n) is 5.52. The average Bonchev–Trinajstić information content (AvgIpc) is 2.84. The lowest BCUT2D eigenvalue weighted by Gasteiger charge is -2.24. The van der Waals surface area contributed by atoms with Crippen molar-refractivity contribution in [2.75, 3.05) is 33.0 Å². The summed E-state index contributed by atoms with van der Waals surface area (Å²) in [5.41, 5.74) is 1.09. The van der Waals surface area contributed by atoms with E-state index in [0.29, 0.717) is 35.5 Å². The molecule has 2 unspecified atom stereocenters. The first-order valence-electron chi connectivity index (χ1n) is 11.6. The van der Waals surface area contributed by atoms with Gasteiger partial charge in [0.25, 0.3) is 5.91 Å². The number of benzene rings is 2. The molecule has 2 aromatic rings. The third kappa shape index (κ3) is 8.15. The number of halogens is 1. The fraction of sp³-hybridized carbons (Fsp3) is 0.423. The number of carbonyl (C=O) groups excluding carboxylic acids is 3. The van der Waals surface area contributed by atoms with Gasteiger partial charge in [0, 0.05) is 25.5 Å². The molecule has 1 heterocycles. The zero-order chi connectivity index (χ0) is 25.2. The van der Waals surface area contributed by atoms with E-state index in [1.807, 2.05) is 0 Å². The molecule has 2 N–H and O–H groups in total. The van der Waals surface area contributed by atoms with Crippen LogP contribution in [0.1, 0.15) is 48.0 Å². The quantitative estimate of drug-likeness (QED) is 0.418. The Morgan fingerprint density at radius 2 is 1.94 bits per heavy atom. The Balaban J connectivity index is 1.36. The van der Waals surface area contributed by atoms with Gasteiger partial charge in [-0.3, -0.25) is 14.4 Å². The van der Waals surface area contributed by atoms with E-state index in [-0.39, 0.29) is 62.7 Å². The van der Waals surface area contributed by atoms with Crippen LogP contribution in [0.25, 0.3) is 0 Å². The van der Waals surface area contributed by atoms with Crippen molar-refractivity contribution in [2.45, 2.75) is 38.2 Å². The van der Waals surface area contributed by atoms with Crippen molar-refractivity contribution in [1.82, 2.24) is 5.32 Å². The van der Waals surface area contributed by atoms with E-state index in [0.717, 1.165) is 0 Å². The van der Waals surface area contributed by atoms with E-state index in [1.54, 1.807) is 37.3 Å². The number of nitrogens with one attached hydrogen (secondary N) is 1. The predicted molar refractivity (Wildman–Crippen MR) is 125 cm³/mol. The van der Waals surface area contributed by atoms with Gasteiger partial charge < -0.3 is 24.6 Å². The molecule has 9 heteroatoms. The summed E-state index contributed by atoms with van der Waals surface area (Å²) in [6.07, 6.45) is 0.551. The summed E-state index contributed by atoms with van der Waals surface area (Å²) in [7, 11) is 0. The van der Waals surface area contributed by atoms with E-state index < -0.39 is 12.0 Å². The number of rotatable bonds is 13. The Kier molecular flexibility index (Phi) is 9.75. The van der Waals surface area contributed by atoms with Crippen LogP contribution in [0.4, 0.5) is 4.39 Å². The van der Waals surface area contributed by atoms with Gasteiger partial charge in [-0.05, 0) is 43.2 Å². The fourth-order valence-corrected chi connectivity index (χ4v) is 3.54. The molecule has 0 fully saturated rings. The Morgan fingerprint density at radius 3 is 2.69 bits per heavy atom. The fourth-order valence-electron chi connectivity index (χ4n) is 3.54. The van der Waals surface area contributed by atoms with Crippen molar-refractivity contribution in [3.05, 3.63) is 59.4 Å². The molecule has 188 valence electrons. The van der Waals surface area contributed by atoms with Gasteiger partial charge in [0.1, 0.15) is 29.7 Å². The Hall–Kier alpha value is -3.30. The van der Waals surface area contributed by atoms with Crippen molar-refractivity contribution in [2.24, 2.45) is 0 Å². The number of aliphatic hydroxyl groups is 1. The lowest BCUT2D eigenvalue weighted by Crippen LogP contribution is -2.32. The number of aliphatic hydroxyl groups excluding tert-OH is 1. The van der Waals surface area contributed by atoms with Gasteiger partial charge in [-0.2, -0.15) is 0 Å². The molecule has 1 aliphatic rings. The SMILES string of the molecule is CC(O)CCC(=O)CCOCCNC(=O)COc1ccc2c(c1)OCC(c1ccc(F)cc1)C2=O. The molecule has 35 heavy (non-hydrogen) atoms. The summed E-state index contributed by atoms with van der Waals surface area (Å²) in [6, 6.07) is 10.5. The molecule has 0 bridgehead atoms. The number of hydrogen-bond acceptors (Lipinski definition) is 7.